The van der Waals surface area contributed by atoms with Crippen LogP contribution in [0.1, 0.15) is 24.1 Å². The highest BCUT2D eigenvalue weighted by Gasteiger charge is 2.07. The van der Waals surface area contributed by atoms with Crippen LogP contribution in [0.5, 0.6) is 17.2 Å². The lowest BCUT2D eigenvalue weighted by Gasteiger charge is -2.15. The molecule has 0 radical (unpaired) electrons. The van der Waals surface area contributed by atoms with Gasteiger partial charge in [0.2, 0.25) is 0 Å². The molecule has 0 aromatic heterocycles. The van der Waals surface area contributed by atoms with Crippen molar-refractivity contribution in [2.24, 2.45) is 0 Å². The van der Waals surface area contributed by atoms with Crippen LogP contribution in [0.15, 0.2) is 42.5 Å². The van der Waals surface area contributed by atoms with Crippen molar-refractivity contribution in [3.05, 3.63) is 53.6 Å². The average Bonchev–Trinajstić information content (AvgIpc) is 2.45. The second-order valence-electron chi connectivity index (χ2n) is 4.70. The molecule has 2 rings (SSSR count). The molecule has 0 heterocycles. The van der Waals surface area contributed by atoms with Gasteiger partial charge < -0.3 is 20.3 Å². The van der Waals surface area contributed by atoms with E-state index in [4.69, 9.17) is 4.74 Å². The summed E-state index contributed by atoms with van der Waals surface area (Å²) in [5.74, 6) is 0.866. The predicted octanol–water partition coefficient (Wildman–Crippen LogP) is 2.96. The van der Waals surface area contributed by atoms with Crippen LogP contribution in [0.3, 0.4) is 0 Å². The Labute approximate surface area is 118 Å². The highest BCUT2D eigenvalue weighted by Crippen LogP contribution is 2.26. The Kier molecular flexibility index (Phi) is 4.48. The molecule has 0 saturated carbocycles. The number of hydrogen-bond donors (Lipinski definition) is 3. The second-order valence-corrected chi connectivity index (χ2v) is 4.70. The molecule has 3 N–H and O–H groups in total. The topological polar surface area (TPSA) is 61.7 Å². The molecule has 2 aromatic carbocycles. The highest BCUT2D eigenvalue weighted by atomic mass is 16.5. The van der Waals surface area contributed by atoms with Gasteiger partial charge in [0.1, 0.15) is 5.75 Å². The molecule has 0 fully saturated rings. The lowest BCUT2D eigenvalue weighted by atomic mass is 10.1. The summed E-state index contributed by atoms with van der Waals surface area (Å²) in [5, 5.41) is 22.5. The smallest absolute Gasteiger partial charge is 0.160 e. The minimum absolute atomic E-state index is 0.103. The number of hydrogen-bond acceptors (Lipinski definition) is 4. The first kappa shape index (κ1) is 14.2. The SMILES string of the molecule is COc1ccc(CNC(C)c2cccc(O)c2)cc1O. The molecule has 106 valence electrons. The number of phenols is 2. The fraction of sp³-hybridized carbons (Fsp3) is 0.250. The number of nitrogens with one attached hydrogen (secondary N) is 1. The lowest BCUT2D eigenvalue weighted by Crippen LogP contribution is -2.17. The predicted molar refractivity (Wildman–Crippen MR) is 78.0 cm³/mol. The Balaban J connectivity index is 1.99. The van der Waals surface area contributed by atoms with Gasteiger partial charge in [-0.1, -0.05) is 18.2 Å². The van der Waals surface area contributed by atoms with E-state index in [0.29, 0.717) is 12.3 Å². The van der Waals surface area contributed by atoms with Crippen LogP contribution in [-0.2, 0) is 6.54 Å². The first-order chi connectivity index (χ1) is 9.60. The molecular weight excluding hydrogens is 254 g/mol. The molecule has 0 aliphatic carbocycles. The second kappa shape index (κ2) is 6.30. The van der Waals surface area contributed by atoms with E-state index in [-0.39, 0.29) is 17.5 Å². The van der Waals surface area contributed by atoms with Gasteiger partial charge in [0.05, 0.1) is 7.11 Å². The van der Waals surface area contributed by atoms with E-state index in [1.165, 1.54) is 7.11 Å². The van der Waals surface area contributed by atoms with Gasteiger partial charge in [0, 0.05) is 12.6 Å². The first-order valence-corrected chi connectivity index (χ1v) is 6.48. The van der Waals surface area contributed by atoms with Crippen molar-refractivity contribution in [2.75, 3.05) is 7.11 Å². The standard InChI is InChI=1S/C16H19NO3/c1-11(13-4-3-5-14(18)9-13)17-10-12-6-7-16(20-2)15(19)8-12/h3-9,11,17-19H,10H2,1-2H3. The Morgan fingerprint density at radius 3 is 2.60 bits per heavy atom. The van der Waals surface area contributed by atoms with E-state index in [9.17, 15) is 10.2 Å². The Bertz CT molecular complexity index is 584. The van der Waals surface area contributed by atoms with Gasteiger partial charge in [-0.15, -0.1) is 0 Å². The Hall–Kier alpha value is -2.20. The third-order valence-electron chi connectivity index (χ3n) is 3.23. The maximum Gasteiger partial charge on any atom is 0.160 e. The number of aromatic hydroxyl groups is 2. The van der Waals surface area contributed by atoms with E-state index < -0.39 is 0 Å². The molecule has 20 heavy (non-hydrogen) atoms. The molecule has 0 aliphatic heterocycles. The monoisotopic (exact) mass is 273 g/mol. The molecule has 0 saturated heterocycles. The number of methoxy groups -OCH3 is 1. The maximum atomic E-state index is 9.72. The fourth-order valence-corrected chi connectivity index (χ4v) is 2.03. The maximum absolute atomic E-state index is 9.72. The molecule has 1 atom stereocenters. The molecule has 4 nitrogen and oxygen atoms in total. The van der Waals surface area contributed by atoms with Gasteiger partial charge in [-0.25, -0.2) is 0 Å². The molecular formula is C16H19NO3. The van der Waals surface area contributed by atoms with Gasteiger partial charge in [-0.05, 0) is 42.3 Å². The first-order valence-electron chi connectivity index (χ1n) is 6.48. The van der Waals surface area contributed by atoms with Crippen LogP contribution < -0.4 is 10.1 Å². The normalized spacial score (nSPS) is 12.1. The van der Waals surface area contributed by atoms with Crippen LogP contribution in [-0.4, -0.2) is 17.3 Å². The fourth-order valence-electron chi connectivity index (χ4n) is 2.03. The zero-order chi connectivity index (χ0) is 14.5. The molecule has 0 amide bonds. The minimum atomic E-state index is 0.103. The number of ether oxygens (including phenoxy) is 1. The van der Waals surface area contributed by atoms with E-state index >= 15 is 0 Å². The van der Waals surface area contributed by atoms with E-state index in [2.05, 4.69) is 5.32 Å². The number of phenolic OH excluding ortho intramolecular Hbond substituents is 2. The lowest BCUT2D eigenvalue weighted by molar-refractivity contribution is 0.373. The van der Waals surface area contributed by atoms with Gasteiger partial charge in [-0.3, -0.25) is 0 Å². The summed E-state index contributed by atoms with van der Waals surface area (Å²) < 4.78 is 5.01. The summed E-state index contributed by atoms with van der Waals surface area (Å²) in [6, 6.07) is 12.6. The van der Waals surface area contributed by atoms with E-state index in [0.717, 1.165) is 11.1 Å². The van der Waals surface area contributed by atoms with Crippen LogP contribution >= 0.6 is 0 Å². The van der Waals surface area contributed by atoms with Crippen LogP contribution in [0, 0.1) is 0 Å². The quantitative estimate of drug-likeness (QED) is 0.784. The van der Waals surface area contributed by atoms with Gasteiger partial charge in [0.15, 0.2) is 11.5 Å². The van der Waals surface area contributed by atoms with Crippen molar-refractivity contribution in [1.82, 2.24) is 5.32 Å². The third kappa shape index (κ3) is 3.42. The largest absolute Gasteiger partial charge is 0.508 e. The Morgan fingerprint density at radius 1 is 1.15 bits per heavy atom. The number of benzene rings is 2. The van der Waals surface area contributed by atoms with Gasteiger partial charge >= 0.3 is 0 Å². The molecule has 0 bridgehead atoms. The van der Waals surface area contributed by atoms with Crippen LogP contribution in [0.25, 0.3) is 0 Å². The van der Waals surface area contributed by atoms with Crippen LogP contribution in [0.4, 0.5) is 0 Å². The van der Waals surface area contributed by atoms with Crippen molar-refractivity contribution in [1.29, 1.82) is 0 Å². The third-order valence-corrected chi connectivity index (χ3v) is 3.23. The average molecular weight is 273 g/mol. The number of rotatable bonds is 5. The Morgan fingerprint density at radius 2 is 1.95 bits per heavy atom. The minimum Gasteiger partial charge on any atom is -0.508 e. The van der Waals surface area contributed by atoms with Crippen molar-refractivity contribution in [2.45, 2.75) is 19.5 Å². The summed E-state index contributed by atoms with van der Waals surface area (Å²) in [7, 11) is 1.52. The molecule has 4 heteroatoms. The van der Waals surface area contributed by atoms with Gasteiger partial charge in [0.25, 0.3) is 0 Å². The van der Waals surface area contributed by atoms with E-state index in [1.54, 1.807) is 24.3 Å². The molecule has 0 spiro atoms. The summed E-state index contributed by atoms with van der Waals surface area (Å²) in [6.07, 6.45) is 0. The summed E-state index contributed by atoms with van der Waals surface area (Å²) in [4.78, 5) is 0. The van der Waals surface area contributed by atoms with Crippen molar-refractivity contribution >= 4 is 0 Å². The molecule has 2 aromatic rings. The highest BCUT2D eigenvalue weighted by molar-refractivity contribution is 5.41. The zero-order valence-corrected chi connectivity index (χ0v) is 11.6. The zero-order valence-electron chi connectivity index (χ0n) is 11.6. The van der Waals surface area contributed by atoms with Crippen molar-refractivity contribution in [3.8, 4) is 17.2 Å². The van der Waals surface area contributed by atoms with Crippen molar-refractivity contribution in [3.63, 3.8) is 0 Å². The molecule has 0 aliphatic rings. The molecule has 1 unspecified atom stereocenters. The summed E-state index contributed by atoms with van der Waals surface area (Å²) in [5.41, 5.74) is 1.98. The summed E-state index contributed by atoms with van der Waals surface area (Å²) in [6.45, 7) is 2.65. The van der Waals surface area contributed by atoms with Crippen molar-refractivity contribution < 1.29 is 14.9 Å². The van der Waals surface area contributed by atoms with E-state index in [1.807, 2.05) is 25.1 Å². The van der Waals surface area contributed by atoms with Gasteiger partial charge in [-0.2, -0.15) is 0 Å². The summed E-state index contributed by atoms with van der Waals surface area (Å²) >= 11 is 0. The van der Waals surface area contributed by atoms with Crippen LogP contribution in [0.2, 0.25) is 0 Å².